The predicted octanol–water partition coefficient (Wildman–Crippen LogP) is 3.04. The molecule has 0 atom stereocenters. The van der Waals surface area contributed by atoms with E-state index >= 15 is 0 Å². The molecule has 0 saturated heterocycles. The van der Waals surface area contributed by atoms with Gasteiger partial charge in [0.1, 0.15) is 0 Å². The Kier molecular flexibility index (Phi) is 7.22. The minimum atomic E-state index is -0.589. The number of carbonyl (C=O) groups is 2. The molecule has 0 saturated carbocycles. The van der Waals surface area contributed by atoms with Crippen LogP contribution < -0.4 is 25.6 Å². The zero-order valence-corrected chi connectivity index (χ0v) is 15.7. The second-order valence-electron chi connectivity index (χ2n) is 5.77. The predicted molar refractivity (Wildman–Crippen MR) is 99.7 cm³/mol. The molecule has 1 aromatic heterocycles. The highest BCUT2D eigenvalue weighted by molar-refractivity contribution is 7.13. The van der Waals surface area contributed by atoms with Crippen molar-refractivity contribution in [1.82, 2.24) is 15.8 Å². The van der Waals surface area contributed by atoms with E-state index in [2.05, 4.69) is 35.0 Å². The lowest BCUT2D eigenvalue weighted by Crippen LogP contribution is -2.43. The van der Waals surface area contributed by atoms with Crippen LogP contribution in [-0.4, -0.2) is 30.6 Å². The minimum absolute atomic E-state index is 0.326. The molecule has 0 aliphatic heterocycles. The number of nitrogens with zero attached hydrogens (tertiary/aromatic N) is 1. The van der Waals surface area contributed by atoms with Crippen LogP contribution in [0.25, 0.3) is 0 Å². The molecule has 0 fully saturated rings. The molecule has 1 aromatic carbocycles. The average molecular weight is 378 g/mol. The van der Waals surface area contributed by atoms with E-state index in [0.29, 0.717) is 34.7 Å². The van der Waals surface area contributed by atoms with Gasteiger partial charge in [0.2, 0.25) is 0 Å². The largest absolute Gasteiger partial charge is 0.493 e. The molecule has 0 spiro atoms. The first-order valence-electron chi connectivity index (χ1n) is 8.07. The van der Waals surface area contributed by atoms with E-state index in [-0.39, 0.29) is 0 Å². The van der Waals surface area contributed by atoms with E-state index in [9.17, 15) is 9.59 Å². The number of urea groups is 1. The summed E-state index contributed by atoms with van der Waals surface area (Å²) in [5.41, 5.74) is 4.91. The Morgan fingerprint density at radius 2 is 2.04 bits per heavy atom. The molecular formula is C17H22N4O4S. The lowest BCUT2D eigenvalue weighted by molar-refractivity contribution is 0.0937. The summed E-state index contributed by atoms with van der Waals surface area (Å²) in [6, 6.07) is 4.24. The van der Waals surface area contributed by atoms with Gasteiger partial charge < -0.3 is 9.47 Å². The van der Waals surface area contributed by atoms with Crippen molar-refractivity contribution in [3.8, 4) is 11.5 Å². The number of ether oxygens (including phenoxy) is 2. The standard InChI is InChI=1S/C17H22N4O4S/c1-11(2)6-8-25-13-5-4-12(10-14(13)24-3)15(22)20-21-16(23)19-17-18-7-9-26-17/h4-5,7,9-11H,6,8H2,1-3H3,(H,20,22)(H2,18,19,21,23). The van der Waals surface area contributed by atoms with Crippen molar-refractivity contribution in [2.45, 2.75) is 20.3 Å². The van der Waals surface area contributed by atoms with Crippen LogP contribution in [0.3, 0.4) is 0 Å². The topological polar surface area (TPSA) is 102 Å². The normalized spacial score (nSPS) is 10.3. The quantitative estimate of drug-likeness (QED) is 0.643. The molecule has 0 bridgehead atoms. The third kappa shape index (κ3) is 5.92. The molecule has 2 rings (SSSR count). The van der Waals surface area contributed by atoms with Crippen LogP contribution in [0.1, 0.15) is 30.6 Å². The average Bonchev–Trinajstić information content (AvgIpc) is 3.12. The summed E-state index contributed by atoms with van der Waals surface area (Å²) in [6.45, 7) is 4.80. The molecule has 0 unspecified atom stereocenters. The Morgan fingerprint density at radius 3 is 2.69 bits per heavy atom. The third-order valence-electron chi connectivity index (χ3n) is 3.32. The summed E-state index contributed by atoms with van der Waals surface area (Å²) in [7, 11) is 1.51. The molecule has 3 N–H and O–H groups in total. The molecule has 0 aliphatic rings. The summed E-state index contributed by atoms with van der Waals surface area (Å²) in [6.07, 6.45) is 2.49. The smallest absolute Gasteiger partial charge is 0.339 e. The van der Waals surface area contributed by atoms with Crippen molar-refractivity contribution in [1.29, 1.82) is 0 Å². The molecule has 0 aliphatic carbocycles. The molecule has 8 nitrogen and oxygen atoms in total. The number of carbonyl (C=O) groups excluding carboxylic acids is 2. The maximum atomic E-state index is 12.2. The van der Waals surface area contributed by atoms with Gasteiger partial charge in [-0.3, -0.25) is 15.5 Å². The fourth-order valence-electron chi connectivity index (χ4n) is 1.93. The highest BCUT2D eigenvalue weighted by Crippen LogP contribution is 2.28. The number of methoxy groups -OCH3 is 1. The van der Waals surface area contributed by atoms with Gasteiger partial charge in [0.15, 0.2) is 16.6 Å². The van der Waals surface area contributed by atoms with Gasteiger partial charge in [0.05, 0.1) is 13.7 Å². The van der Waals surface area contributed by atoms with Crippen molar-refractivity contribution in [2.24, 2.45) is 5.92 Å². The molecule has 3 amide bonds. The van der Waals surface area contributed by atoms with Crippen molar-refractivity contribution in [3.05, 3.63) is 35.3 Å². The fourth-order valence-corrected chi connectivity index (χ4v) is 2.46. The molecule has 2 aromatic rings. The highest BCUT2D eigenvalue weighted by atomic mass is 32.1. The van der Waals surface area contributed by atoms with Crippen LogP contribution in [0.4, 0.5) is 9.93 Å². The lowest BCUT2D eigenvalue weighted by Gasteiger charge is -2.13. The van der Waals surface area contributed by atoms with Crippen LogP contribution in [-0.2, 0) is 0 Å². The van der Waals surface area contributed by atoms with Gasteiger partial charge in [0, 0.05) is 17.1 Å². The summed E-state index contributed by atoms with van der Waals surface area (Å²) in [5.74, 6) is 1.08. The molecule has 0 radical (unpaired) electrons. The van der Waals surface area contributed by atoms with E-state index in [0.717, 1.165) is 6.42 Å². The first kappa shape index (κ1) is 19.5. The Labute approximate surface area is 155 Å². The van der Waals surface area contributed by atoms with E-state index in [1.807, 2.05) is 0 Å². The zero-order chi connectivity index (χ0) is 18.9. The number of anilines is 1. The molecule has 26 heavy (non-hydrogen) atoms. The molecule has 9 heteroatoms. The molecule has 1 heterocycles. The van der Waals surface area contributed by atoms with Crippen molar-refractivity contribution in [2.75, 3.05) is 19.0 Å². The number of amides is 3. The second kappa shape index (κ2) is 9.62. The SMILES string of the molecule is COc1cc(C(=O)NNC(=O)Nc2nccs2)ccc1OCCC(C)C. The number of hydrogen-bond donors (Lipinski definition) is 3. The maximum absolute atomic E-state index is 12.2. The Balaban J connectivity index is 1.90. The number of aromatic nitrogens is 1. The maximum Gasteiger partial charge on any atom is 0.339 e. The van der Waals surface area contributed by atoms with E-state index < -0.39 is 11.9 Å². The van der Waals surface area contributed by atoms with Gasteiger partial charge in [-0.15, -0.1) is 11.3 Å². The molecule has 140 valence electrons. The first-order valence-corrected chi connectivity index (χ1v) is 8.95. The van der Waals surface area contributed by atoms with Gasteiger partial charge in [-0.25, -0.2) is 15.2 Å². The monoisotopic (exact) mass is 378 g/mol. The second-order valence-corrected chi connectivity index (χ2v) is 6.66. The van der Waals surface area contributed by atoms with E-state index in [4.69, 9.17) is 9.47 Å². The van der Waals surface area contributed by atoms with Gasteiger partial charge in [-0.1, -0.05) is 13.8 Å². The van der Waals surface area contributed by atoms with Crippen molar-refractivity contribution in [3.63, 3.8) is 0 Å². The summed E-state index contributed by atoms with van der Waals surface area (Å²) in [5, 5.41) is 4.65. The first-order chi connectivity index (χ1) is 12.5. The molecular weight excluding hydrogens is 356 g/mol. The van der Waals surface area contributed by atoms with Crippen LogP contribution >= 0.6 is 11.3 Å². The zero-order valence-electron chi connectivity index (χ0n) is 14.9. The highest BCUT2D eigenvalue weighted by Gasteiger charge is 2.12. The summed E-state index contributed by atoms with van der Waals surface area (Å²) < 4.78 is 11.0. The van der Waals surface area contributed by atoms with Gasteiger partial charge >= 0.3 is 6.03 Å². The lowest BCUT2D eigenvalue weighted by atomic mass is 10.1. The summed E-state index contributed by atoms with van der Waals surface area (Å²) in [4.78, 5) is 27.8. The Hall–Kier alpha value is -2.81. The number of nitrogens with one attached hydrogen (secondary N) is 3. The number of hydrogen-bond acceptors (Lipinski definition) is 6. The van der Waals surface area contributed by atoms with Crippen molar-refractivity contribution >= 4 is 28.4 Å². The van der Waals surface area contributed by atoms with E-state index in [1.165, 1.54) is 18.4 Å². The van der Waals surface area contributed by atoms with Gasteiger partial charge in [-0.2, -0.15) is 0 Å². The van der Waals surface area contributed by atoms with Crippen LogP contribution in [0.15, 0.2) is 29.8 Å². The van der Waals surface area contributed by atoms with Gasteiger partial charge in [0.25, 0.3) is 5.91 Å². The van der Waals surface area contributed by atoms with Gasteiger partial charge in [-0.05, 0) is 30.5 Å². The third-order valence-corrected chi connectivity index (χ3v) is 4.01. The number of hydrazine groups is 1. The van der Waals surface area contributed by atoms with Crippen LogP contribution in [0, 0.1) is 5.92 Å². The van der Waals surface area contributed by atoms with Crippen LogP contribution in [0.2, 0.25) is 0 Å². The summed E-state index contributed by atoms with van der Waals surface area (Å²) >= 11 is 1.27. The van der Waals surface area contributed by atoms with Crippen molar-refractivity contribution < 1.29 is 19.1 Å². The van der Waals surface area contributed by atoms with E-state index in [1.54, 1.807) is 29.8 Å². The minimum Gasteiger partial charge on any atom is -0.493 e. The Bertz CT molecular complexity index is 734. The number of rotatable bonds is 7. The number of benzene rings is 1. The Morgan fingerprint density at radius 1 is 1.23 bits per heavy atom. The fraction of sp³-hybridized carbons (Fsp3) is 0.353. The van der Waals surface area contributed by atoms with Crippen LogP contribution in [0.5, 0.6) is 11.5 Å². The number of thiazole rings is 1.